The van der Waals surface area contributed by atoms with E-state index in [9.17, 15) is 9.59 Å². The molecule has 2 aromatic carbocycles. The quantitative estimate of drug-likeness (QED) is 0.663. The van der Waals surface area contributed by atoms with E-state index in [0.29, 0.717) is 12.2 Å². The minimum Gasteiger partial charge on any atom is -0.337 e. The Balaban J connectivity index is 1.63. The molecule has 0 atom stereocenters. The van der Waals surface area contributed by atoms with E-state index in [4.69, 9.17) is 0 Å². The average molecular weight is 385 g/mol. The van der Waals surface area contributed by atoms with Gasteiger partial charge in [0.15, 0.2) is 0 Å². The summed E-state index contributed by atoms with van der Waals surface area (Å²) < 4.78 is 0. The molecule has 1 aromatic heterocycles. The number of aromatic nitrogens is 1. The Bertz CT molecular complexity index is 983. The summed E-state index contributed by atoms with van der Waals surface area (Å²) in [6, 6.07) is 24.5. The number of carbonyl (C=O) groups excluding carboxylic acids is 2. The van der Waals surface area contributed by atoms with Gasteiger partial charge in [-0.1, -0.05) is 54.6 Å². The first-order chi connectivity index (χ1) is 14.2. The van der Waals surface area contributed by atoms with Crippen LogP contribution >= 0.6 is 0 Å². The Morgan fingerprint density at radius 2 is 1.41 bits per heavy atom. The number of benzene rings is 2. The van der Waals surface area contributed by atoms with Crippen LogP contribution in [0, 0.1) is 0 Å². The van der Waals surface area contributed by atoms with Crippen molar-refractivity contribution < 1.29 is 9.59 Å². The SMILES string of the molecule is O=C(c1cccc(C(=O)N(Cc2ccccc2)c2ccccc2)n1)N1CCCC1. The van der Waals surface area contributed by atoms with Crippen LogP contribution in [-0.2, 0) is 6.54 Å². The van der Waals surface area contributed by atoms with Gasteiger partial charge >= 0.3 is 0 Å². The van der Waals surface area contributed by atoms with Crippen LogP contribution < -0.4 is 4.90 Å². The minimum absolute atomic E-state index is 0.105. The highest BCUT2D eigenvalue weighted by molar-refractivity contribution is 6.05. The summed E-state index contributed by atoms with van der Waals surface area (Å²) in [7, 11) is 0. The van der Waals surface area contributed by atoms with E-state index in [1.54, 1.807) is 28.0 Å². The Hall–Kier alpha value is -3.47. The molecule has 0 radical (unpaired) electrons. The zero-order chi connectivity index (χ0) is 20.1. The molecule has 0 spiro atoms. The number of carbonyl (C=O) groups is 2. The van der Waals surface area contributed by atoms with Crippen LogP contribution in [0.1, 0.15) is 39.4 Å². The second-order valence-electron chi connectivity index (χ2n) is 7.12. The van der Waals surface area contributed by atoms with Crippen LogP contribution in [0.5, 0.6) is 0 Å². The third kappa shape index (κ3) is 4.35. The van der Waals surface area contributed by atoms with Crippen LogP contribution in [-0.4, -0.2) is 34.8 Å². The van der Waals surface area contributed by atoms with Gasteiger partial charge in [-0.2, -0.15) is 0 Å². The third-order valence-electron chi connectivity index (χ3n) is 5.08. The van der Waals surface area contributed by atoms with Crippen molar-refractivity contribution in [2.24, 2.45) is 0 Å². The van der Waals surface area contributed by atoms with Crippen LogP contribution in [0.2, 0.25) is 0 Å². The fraction of sp³-hybridized carbons (Fsp3) is 0.208. The molecular weight excluding hydrogens is 362 g/mol. The Morgan fingerprint density at radius 1 is 0.793 bits per heavy atom. The molecule has 1 saturated heterocycles. The number of para-hydroxylation sites is 1. The van der Waals surface area contributed by atoms with Gasteiger partial charge in [-0.3, -0.25) is 9.59 Å². The van der Waals surface area contributed by atoms with Crippen molar-refractivity contribution in [2.45, 2.75) is 19.4 Å². The molecule has 2 amide bonds. The number of amides is 2. The van der Waals surface area contributed by atoms with Gasteiger partial charge in [0.1, 0.15) is 11.4 Å². The molecule has 2 heterocycles. The molecule has 1 aliphatic heterocycles. The summed E-state index contributed by atoms with van der Waals surface area (Å²) in [5, 5.41) is 0. The molecule has 1 fully saturated rings. The molecule has 3 aromatic rings. The van der Waals surface area contributed by atoms with Crippen molar-refractivity contribution in [1.82, 2.24) is 9.88 Å². The zero-order valence-corrected chi connectivity index (χ0v) is 16.2. The lowest BCUT2D eigenvalue weighted by atomic mass is 10.1. The van der Waals surface area contributed by atoms with Gasteiger partial charge in [-0.25, -0.2) is 4.98 Å². The number of hydrogen-bond acceptors (Lipinski definition) is 3. The van der Waals surface area contributed by atoms with Crippen molar-refractivity contribution in [1.29, 1.82) is 0 Å². The average Bonchev–Trinajstić information content (AvgIpc) is 3.33. The van der Waals surface area contributed by atoms with Crippen LogP contribution in [0.25, 0.3) is 0 Å². The van der Waals surface area contributed by atoms with Gasteiger partial charge in [0.25, 0.3) is 11.8 Å². The molecule has 0 bridgehead atoms. The maximum atomic E-state index is 13.4. The highest BCUT2D eigenvalue weighted by Gasteiger charge is 2.24. The molecule has 0 unspecified atom stereocenters. The maximum Gasteiger partial charge on any atom is 0.277 e. The van der Waals surface area contributed by atoms with Crippen LogP contribution in [0.4, 0.5) is 5.69 Å². The molecule has 0 saturated carbocycles. The molecular formula is C24H23N3O2. The molecule has 4 rings (SSSR count). The number of anilines is 1. The summed E-state index contributed by atoms with van der Waals surface area (Å²) in [5.74, 6) is -0.331. The summed E-state index contributed by atoms with van der Waals surface area (Å²) in [6.07, 6.45) is 2.03. The number of nitrogens with zero attached hydrogens (tertiary/aromatic N) is 3. The Kier molecular flexibility index (Phi) is 5.66. The summed E-state index contributed by atoms with van der Waals surface area (Å²) >= 11 is 0. The number of hydrogen-bond donors (Lipinski definition) is 0. The van der Waals surface area contributed by atoms with E-state index in [2.05, 4.69) is 4.98 Å². The first-order valence-corrected chi connectivity index (χ1v) is 9.89. The fourth-order valence-electron chi connectivity index (χ4n) is 3.55. The van der Waals surface area contributed by atoms with E-state index in [0.717, 1.165) is 37.2 Å². The lowest BCUT2D eigenvalue weighted by Gasteiger charge is -2.23. The predicted octanol–water partition coefficient (Wildman–Crippen LogP) is 4.16. The first-order valence-electron chi connectivity index (χ1n) is 9.89. The van der Waals surface area contributed by atoms with Crippen molar-refractivity contribution >= 4 is 17.5 Å². The Morgan fingerprint density at radius 3 is 2.10 bits per heavy atom. The van der Waals surface area contributed by atoms with Gasteiger partial charge in [-0.05, 0) is 42.7 Å². The third-order valence-corrected chi connectivity index (χ3v) is 5.08. The minimum atomic E-state index is -0.226. The molecule has 0 aliphatic carbocycles. The van der Waals surface area contributed by atoms with E-state index < -0.39 is 0 Å². The van der Waals surface area contributed by atoms with E-state index in [1.807, 2.05) is 60.7 Å². The van der Waals surface area contributed by atoms with Crippen molar-refractivity contribution in [3.05, 3.63) is 95.8 Å². The lowest BCUT2D eigenvalue weighted by Crippen LogP contribution is -2.32. The standard InChI is InChI=1S/C24H23N3O2/c28-23(26-16-7-8-17-26)21-14-9-15-22(25-21)24(29)27(20-12-5-2-6-13-20)18-19-10-3-1-4-11-19/h1-6,9-15H,7-8,16-18H2. The van der Waals surface area contributed by atoms with Gasteiger partial charge in [0.2, 0.25) is 0 Å². The lowest BCUT2D eigenvalue weighted by molar-refractivity contribution is 0.0787. The summed E-state index contributed by atoms with van der Waals surface area (Å²) in [5.41, 5.74) is 2.41. The number of likely N-dealkylation sites (tertiary alicyclic amines) is 1. The predicted molar refractivity (Wildman–Crippen MR) is 113 cm³/mol. The van der Waals surface area contributed by atoms with Gasteiger partial charge in [0.05, 0.1) is 6.54 Å². The molecule has 5 heteroatoms. The van der Waals surface area contributed by atoms with Gasteiger partial charge in [0, 0.05) is 18.8 Å². The summed E-state index contributed by atoms with van der Waals surface area (Å²) in [6.45, 7) is 1.93. The van der Waals surface area contributed by atoms with Gasteiger partial charge in [-0.15, -0.1) is 0 Å². The highest BCUT2D eigenvalue weighted by atomic mass is 16.2. The summed E-state index contributed by atoms with van der Waals surface area (Å²) in [4.78, 5) is 34.0. The largest absolute Gasteiger partial charge is 0.337 e. The second-order valence-corrected chi connectivity index (χ2v) is 7.12. The topological polar surface area (TPSA) is 53.5 Å². The Labute approximate surface area is 170 Å². The highest BCUT2D eigenvalue weighted by Crippen LogP contribution is 2.20. The van der Waals surface area contributed by atoms with E-state index in [1.165, 1.54) is 0 Å². The fourth-order valence-corrected chi connectivity index (χ4v) is 3.55. The molecule has 5 nitrogen and oxygen atoms in total. The number of pyridine rings is 1. The van der Waals surface area contributed by atoms with E-state index >= 15 is 0 Å². The van der Waals surface area contributed by atoms with Crippen molar-refractivity contribution in [3.8, 4) is 0 Å². The zero-order valence-electron chi connectivity index (χ0n) is 16.2. The second kappa shape index (κ2) is 8.69. The molecule has 146 valence electrons. The van der Waals surface area contributed by atoms with Crippen LogP contribution in [0.15, 0.2) is 78.9 Å². The van der Waals surface area contributed by atoms with Crippen molar-refractivity contribution in [3.63, 3.8) is 0 Å². The van der Waals surface area contributed by atoms with Gasteiger partial charge < -0.3 is 9.80 Å². The molecule has 1 aliphatic rings. The normalized spacial score (nSPS) is 13.3. The number of rotatable bonds is 5. The maximum absolute atomic E-state index is 13.4. The van der Waals surface area contributed by atoms with Crippen LogP contribution in [0.3, 0.4) is 0 Å². The van der Waals surface area contributed by atoms with E-state index in [-0.39, 0.29) is 17.5 Å². The van der Waals surface area contributed by atoms with Crippen molar-refractivity contribution in [2.75, 3.05) is 18.0 Å². The monoisotopic (exact) mass is 385 g/mol. The molecule has 0 N–H and O–H groups in total. The first kappa shape index (κ1) is 18.9. The smallest absolute Gasteiger partial charge is 0.277 e. The molecule has 29 heavy (non-hydrogen) atoms.